The van der Waals surface area contributed by atoms with Crippen LogP contribution in [0.25, 0.3) is 11.1 Å². The molecule has 0 bridgehead atoms. The maximum atomic E-state index is 10.8. The van der Waals surface area contributed by atoms with Gasteiger partial charge in [-0.3, -0.25) is 0 Å². The van der Waals surface area contributed by atoms with Crippen LogP contribution in [0.4, 0.5) is 0 Å². The van der Waals surface area contributed by atoms with Crippen LogP contribution in [-0.2, 0) is 0 Å². The number of carbonyl (C=O) groups is 1. The van der Waals surface area contributed by atoms with Gasteiger partial charge in [-0.2, -0.15) is 0 Å². The van der Waals surface area contributed by atoms with Crippen LogP contribution in [0.2, 0.25) is 0 Å². The number of nitrogens with zero attached hydrogens (tertiary/aromatic N) is 1. The van der Waals surface area contributed by atoms with Crippen molar-refractivity contribution in [2.24, 2.45) is 0 Å². The molecule has 2 rings (SSSR count). The van der Waals surface area contributed by atoms with E-state index in [0.717, 1.165) is 0 Å². The Morgan fingerprint density at radius 3 is 2.87 bits per heavy atom. The molecule has 1 atom stereocenters. The third-order valence-corrected chi connectivity index (χ3v) is 2.02. The third-order valence-electron chi connectivity index (χ3n) is 2.02. The molecule has 0 fully saturated rings. The Morgan fingerprint density at radius 1 is 1.53 bits per heavy atom. The number of para-hydroxylation sites is 1. The molecule has 2 aromatic rings. The summed E-state index contributed by atoms with van der Waals surface area (Å²) in [5.74, 6) is -0.951. The minimum absolute atomic E-state index is 0.0481. The Bertz CT molecular complexity index is 515. The van der Waals surface area contributed by atoms with Crippen molar-refractivity contribution in [3.63, 3.8) is 0 Å². The van der Waals surface area contributed by atoms with E-state index in [1.165, 1.54) is 13.0 Å². The van der Waals surface area contributed by atoms with Crippen molar-refractivity contribution in [1.29, 1.82) is 0 Å². The lowest BCUT2D eigenvalue weighted by atomic mass is 10.2. The number of benzene rings is 1. The minimum Gasteiger partial charge on any atom is -0.478 e. The van der Waals surface area contributed by atoms with Crippen LogP contribution in [0.3, 0.4) is 0 Å². The number of aromatic carboxylic acids is 1. The number of hydrogen-bond donors (Lipinski definition) is 2. The second-order valence-corrected chi connectivity index (χ2v) is 3.19. The first-order chi connectivity index (χ1) is 7.09. The molecule has 2 N–H and O–H groups in total. The largest absolute Gasteiger partial charge is 0.478 e. The van der Waals surface area contributed by atoms with E-state index >= 15 is 0 Å². The summed E-state index contributed by atoms with van der Waals surface area (Å²) in [4.78, 5) is 14.8. The predicted molar refractivity (Wildman–Crippen MR) is 51.6 cm³/mol. The molecule has 15 heavy (non-hydrogen) atoms. The van der Waals surface area contributed by atoms with Crippen LogP contribution >= 0.6 is 0 Å². The zero-order valence-electron chi connectivity index (χ0n) is 7.97. The van der Waals surface area contributed by atoms with Gasteiger partial charge in [0, 0.05) is 0 Å². The fourth-order valence-electron chi connectivity index (χ4n) is 1.31. The number of oxazole rings is 1. The topological polar surface area (TPSA) is 83.6 Å². The van der Waals surface area contributed by atoms with Crippen molar-refractivity contribution in [2.75, 3.05) is 0 Å². The van der Waals surface area contributed by atoms with Crippen molar-refractivity contribution in [1.82, 2.24) is 4.98 Å². The molecule has 0 aliphatic carbocycles. The van der Waals surface area contributed by atoms with Crippen LogP contribution in [0.5, 0.6) is 0 Å². The van der Waals surface area contributed by atoms with Gasteiger partial charge in [-0.1, -0.05) is 6.07 Å². The Labute approximate surface area is 85.0 Å². The summed E-state index contributed by atoms with van der Waals surface area (Å²) in [7, 11) is 0. The maximum absolute atomic E-state index is 10.8. The highest BCUT2D eigenvalue weighted by molar-refractivity contribution is 5.99. The molecule has 0 spiro atoms. The number of hydrogen-bond acceptors (Lipinski definition) is 4. The molecule has 0 unspecified atom stereocenters. The predicted octanol–water partition coefficient (Wildman–Crippen LogP) is 1.58. The lowest BCUT2D eigenvalue weighted by molar-refractivity contribution is 0.0697. The molecule has 0 saturated heterocycles. The van der Waals surface area contributed by atoms with Crippen LogP contribution in [-0.4, -0.2) is 21.2 Å². The summed E-state index contributed by atoms with van der Waals surface area (Å²) in [6, 6.07) is 4.65. The third kappa shape index (κ3) is 1.57. The van der Waals surface area contributed by atoms with Crippen molar-refractivity contribution >= 4 is 17.1 Å². The number of aromatic nitrogens is 1. The highest BCUT2D eigenvalue weighted by atomic mass is 16.4. The van der Waals surface area contributed by atoms with Crippen molar-refractivity contribution < 1.29 is 19.4 Å². The molecule has 5 nitrogen and oxygen atoms in total. The molecule has 1 aromatic heterocycles. The molecule has 1 aromatic carbocycles. The van der Waals surface area contributed by atoms with E-state index in [2.05, 4.69) is 4.98 Å². The van der Waals surface area contributed by atoms with E-state index in [-0.39, 0.29) is 17.0 Å². The first-order valence-corrected chi connectivity index (χ1v) is 4.40. The zero-order valence-corrected chi connectivity index (χ0v) is 7.97. The van der Waals surface area contributed by atoms with E-state index in [4.69, 9.17) is 9.52 Å². The van der Waals surface area contributed by atoms with Crippen molar-refractivity contribution in [3.8, 4) is 0 Å². The van der Waals surface area contributed by atoms with Crippen LogP contribution in [0.15, 0.2) is 22.6 Å². The molecule has 0 radical (unpaired) electrons. The van der Waals surface area contributed by atoms with Gasteiger partial charge in [0.2, 0.25) is 5.89 Å². The molecule has 0 saturated carbocycles. The number of carboxylic acid groups (broad SMARTS) is 1. The molecule has 1 heterocycles. The van der Waals surface area contributed by atoms with Gasteiger partial charge in [0.05, 0.1) is 0 Å². The van der Waals surface area contributed by atoms with Gasteiger partial charge in [0.15, 0.2) is 5.58 Å². The molecule has 78 valence electrons. The van der Waals surface area contributed by atoms with Gasteiger partial charge in [0.25, 0.3) is 0 Å². The van der Waals surface area contributed by atoms with E-state index < -0.39 is 12.1 Å². The maximum Gasteiger partial charge on any atom is 0.339 e. The van der Waals surface area contributed by atoms with Crippen molar-refractivity contribution in [3.05, 3.63) is 29.7 Å². The monoisotopic (exact) mass is 207 g/mol. The van der Waals surface area contributed by atoms with Crippen LogP contribution < -0.4 is 0 Å². The lowest BCUT2D eigenvalue weighted by Crippen LogP contribution is -1.95. The molecule has 0 aliphatic heterocycles. The van der Waals surface area contributed by atoms with Gasteiger partial charge in [0.1, 0.15) is 17.2 Å². The second kappa shape index (κ2) is 3.36. The first-order valence-electron chi connectivity index (χ1n) is 4.40. The summed E-state index contributed by atoms with van der Waals surface area (Å²) in [5.41, 5.74) is 0.679. The number of aliphatic hydroxyl groups is 1. The Kier molecular flexibility index (Phi) is 2.17. The molecular formula is C10H9NO4. The second-order valence-electron chi connectivity index (χ2n) is 3.19. The smallest absolute Gasteiger partial charge is 0.339 e. The normalized spacial score (nSPS) is 12.9. The average molecular weight is 207 g/mol. The number of carboxylic acids is 1. The van der Waals surface area contributed by atoms with Gasteiger partial charge in [-0.15, -0.1) is 0 Å². The number of aliphatic hydroxyl groups excluding tert-OH is 1. The Morgan fingerprint density at radius 2 is 2.27 bits per heavy atom. The quantitative estimate of drug-likeness (QED) is 0.781. The van der Waals surface area contributed by atoms with Crippen molar-refractivity contribution in [2.45, 2.75) is 13.0 Å². The van der Waals surface area contributed by atoms with Gasteiger partial charge in [-0.05, 0) is 19.1 Å². The average Bonchev–Trinajstić information content (AvgIpc) is 2.60. The summed E-state index contributed by atoms with van der Waals surface area (Å²) in [6.07, 6.45) is -0.848. The number of fused-ring (bicyclic) bond motifs is 1. The zero-order chi connectivity index (χ0) is 11.0. The highest BCUT2D eigenvalue weighted by Gasteiger charge is 2.16. The molecule has 5 heteroatoms. The van der Waals surface area contributed by atoms with Crippen LogP contribution in [0, 0.1) is 0 Å². The Balaban J connectivity index is 2.70. The summed E-state index contributed by atoms with van der Waals surface area (Å²) >= 11 is 0. The van der Waals surface area contributed by atoms with E-state index in [9.17, 15) is 9.90 Å². The lowest BCUT2D eigenvalue weighted by Gasteiger charge is -1.95. The van der Waals surface area contributed by atoms with Gasteiger partial charge >= 0.3 is 5.97 Å². The first kappa shape index (κ1) is 9.67. The van der Waals surface area contributed by atoms with E-state index in [1.807, 2.05) is 0 Å². The SMILES string of the molecule is C[C@H](O)c1nc2cccc(C(=O)O)c2o1. The standard InChI is InChI=1S/C10H9NO4/c1-5(12)9-11-7-4-2-3-6(10(13)14)8(7)15-9/h2-5,12H,1H3,(H,13,14)/t5-/m0/s1. The van der Waals surface area contributed by atoms with Gasteiger partial charge in [-0.25, -0.2) is 9.78 Å². The highest BCUT2D eigenvalue weighted by Crippen LogP contribution is 2.23. The minimum atomic E-state index is -1.08. The summed E-state index contributed by atoms with van der Waals surface area (Å²) in [6.45, 7) is 1.51. The fourth-order valence-corrected chi connectivity index (χ4v) is 1.31. The van der Waals surface area contributed by atoms with Crippen LogP contribution in [0.1, 0.15) is 29.3 Å². The molecule has 0 amide bonds. The fraction of sp³-hybridized carbons (Fsp3) is 0.200. The molecule has 0 aliphatic rings. The Hall–Kier alpha value is -1.88. The summed E-state index contributed by atoms with van der Waals surface area (Å²) in [5, 5.41) is 18.1. The number of rotatable bonds is 2. The summed E-state index contributed by atoms with van der Waals surface area (Å²) < 4.78 is 5.18. The van der Waals surface area contributed by atoms with Gasteiger partial charge < -0.3 is 14.6 Å². The molecular weight excluding hydrogens is 198 g/mol. The van der Waals surface area contributed by atoms with E-state index in [1.54, 1.807) is 12.1 Å². The van der Waals surface area contributed by atoms with E-state index in [0.29, 0.717) is 5.52 Å².